The number of carbonyl (C=O) groups excluding carboxylic acids is 1. The number of aryl methyl sites for hydroxylation is 2. The first-order chi connectivity index (χ1) is 8.06. The van der Waals surface area contributed by atoms with Gasteiger partial charge in [0.25, 0.3) is 0 Å². The van der Waals surface area contributed by atoms with Crippen LogP contribution in [-0.2, 0) is 11.2 Å². The summed E-state index contributed by atoms with van der Waals surface area (Å²) in [6.45, 7) is 5.68. The molecule has 92 valence electrons. The highest BCUT2D eigenvalue weighted by molar-refractivity contribution is 5.79. The van der Waals surface area contributed by atoms with Gasteiger partial charge in [0.2, 0.25) is 5.91 Å². The summed E-state index contributed by atoms with van der Waals surface area (Å²) in [5.41, 5.74) is 9.41. The third kappa shape index (κ3) is 2.86. The topological polar surface area (TPSA) is 46.3 Å². The predicted octanol–water partition coefficient (Wildman–Crippen LogP) is 1.41. The van der Waals surface area contributed by atoms with Gasteiger partial charge in [-0.25, -0.2) is 0 Å². The SMILES string of the molecule is Cc1ccc(CC(=O)N2CC[C@@H](N)C2)cc1C. The maximum absolute atomic E-state index is 12.0. The van der Waals surface area contributed by atoms with Crippen LogP contribution < -0.4 is 5.73 Å². The van der Waals surface area contributed by atoms with Crippen molar-refractivity contribution in [1.82, 2.24) is 4.90 Å². The van der Waals surface area contributed by atoms with Gasteiger partial charge in [-0.3, -0.25) is 4.79 Å². The summed E-state index contributed by atoms with van der Waals surface area (Å²) < 4.78 is 0. The van der Waals surface area contributed by atoms with Crippen LogP contribution in [0.2, 0.25) is 0 Å². The maximum atomic E-state index is 12.0. The molecule has 3 nitrogen and oxygen atoms in total. The number of carbonyl (C=O) groups is 1. The summed E-state index contributed by atoms with van der Waals surface area (Å²) in [5.74, 6) is 0.196. The van der Waals surface area contributed by atoms with Crippen LogP contribution in [0.1, 0.15) is 23.1 Å². The highest BCUT2D eigenvalue weighted by Crippen LogP contribution is 2.13. The lowest BCUT2D eigenvalue weighted by Crippen LogP contribution is -2.32. The molecule has 1 amide bonds. The molecule has 1 aromatic rings. The molecule has 2 N–H and O–H groups in total. The molecule has 1 atom stereocenters. The Labute approximate surface area is 103 Å². The van der Waals surface area contributed by atoms with E-state index in [0.29, 0.717) is 13.0 Å². The average Bonchev–Trinajstić information content (AvgIpc) is 2.70. The van der Waals surface area contributed by atoms with Crippen LogP contribution in [0.25, 0.3) is 0 Å². The van der Waals surface area contributed by atoms with E-state index < -0.39 is 0 Å². The molecule has 2 rings (SSSR count). The second-order valence-corrected chi connectivity index (χ2v) is 4.98. The third-order valence-corrected chi connectivity index (χ3v) is 3.50. The fourth-order valence-electron chi connectivity index (χ4n) is 2.21. The van der Waals surface area contributed by atoms with Crippen LogP contribution in [0.15, 0.2) is 18.2 Å². The summed E-state index contributed by atoms with van der Waals surface area (Å²) >= 11 is 0. The molecule has 1 saturated heterocycles. The number of benzene rings is 1. The number of nitrogens with two attached hydrogens (primary N) is 1. The van der Waals surface area contributed by atoms with Gasteiger partial charge in [-0.1, -0.05) is 18.2 Å². The summed E-state index contributed by atoms with van der Waals surface area (Å²) in [4.78, 5) is 13.9. The van der Waals surface area contributed by atoms with E-state index in [-0.39, 0.29) is 11.9 Å². The molecule has 1 aliphatic heterocycles. The zero-order valence-electron chi connectivity index (χ0n) is 10.6. The first-order valence-corrected chi connectivity index (χ1v) is 6.16. The molecule has 1 heterocycles. The number of nitrogens with zero attached hydrogens (tertiary/aromatic N) is 1. The summed E-state index contributed by atoms with van der Waals surface area (Å²) in [6.07, 6.45) is 1.42. The fraction of sp³-hybridized carbons (Fsp3) is 0.500. The molecule has 1 aliphatic rings. The first-order valence-electron chi connectivity index (χ1n) is 6.16. The molecular weight excluding hydrogens is 212 g/mol. The van der Waals surface area contributed by atoms with Crippen molar-refractivity contribution in [1.29, 1.82) is 0 Å². The Hall–Kier alpha value is -1.35. The Kier molecular flexibility index (Phi) is 3.48. The van der Waals surface area contributed by atoms with Crippen molar-refractivity contribution in [2.45, 2.75) is 32.7 Å². The lowest BCUT2D eigenvalue weighted by molar-refractivity contribution is -0.129. The van der Waals surface area contributed by atoms with E-state index in [1.165, 1.54) is 11.1 Å². The molecule has 0 radical (unpaired) electrons. The normalized spacial score (nSPS) is 19.7. The van der Waals surface area contributed by atoms with Gasteiger partial charge in [0.05, 0.1) is 6.42 Å². The fourth-order valence-corrected chi connectivity index (χ4v) is 2.21. The molecule has 0 spiro atoms. The van der Waals surface area contributed by atoms with Crippen molar-refractivity contribution < 1.29 is 4.79 Å². The molecule has 1 aromatic carbocycles. The van der Waals surface area contributed by atoms with Crippen molar-refractivity contribution >= 4 is 5.91 Å². The summed E-state index contributed by atoms with van der Waals surface area (Å²) in [5, 5.41) is 0. The molecule has 0 saturated carbocycles. The van der Waals surface area contributed by atoms with Gasteiger partial charge in [0, 0.05) is 19.1 Å². The van der Waals surface area contributed by atoms with Crippen LogP contribution in [0.4, 0.5) is 0 Å². The lowest BCUT2D eigenvalue weighted by atomic mass is 10.0. The van der Waals surface area contributed by atoms with Gasteiger partial charge in [0.1, 0.15) is 0 Å². The average molecular weight is 232 g/mol. The molecule has 0 aromatic heterocycles. The molecule has 0 aliphatic carbocycles. The van der Waals surface area contributed by atoms with E-state index in [1.54, 1.807) is 0 Å². The smallest absolute Gasteiger partial charge is 0.227 e. The molecule has 1 fully saturated rings. The number of hydrogen-bond acceptors (Lipinski definition) is 2. The van der Waals surface area contributed by atoms with Gasteiger partial charge in [-0.2, -0.15) is 0 Å². The van der Waals surface area contributed by atoms with Crippen LogP contribution in [0.3, 0.4) is 0 Å². The Bertz CT molecular complexity index is 428. The summed E-state index contributed by atoms with van der Waals surface area (Å²) in [7, 11) is 0. The number of amides is 1. The van der Waals surface area contributed by atoms with E-state index >= 15 is 0 Å². The summed E-state index contributed by atoms with van der Waals surface area (Å²) in [6, 6.07) is 6.38. The van der Waals surface area contributed by atoms with Crippen molar-refractivity contribution in [2.75, 3.05) is 13.1 Å². The largest absolute Gasteiger partial charge is 0.341 e. The first kappa shape index (κ1) is 12.1. The minimum absolute atomic E-state index is 0.165. The molecule has 17 heavy (non-hydrogen) atoms. The van der Waals surface area contributed by atoms with E-state index in [0.717, 1.165) is 18.5 Å². The van der Waals surface area contributed by atoms with Crippen molar-refractivity contribution in [3.63, 3.8) is 0 Å². The van der Waals surface area contributed by atoms with Crippen molar-refractivity contribution in [2.24, 2.45) is 5.73 Å². The molecule has 0 unspecified atom stereocenters. The molecular formula is C14H20N2O. The van der Waals surface area contributed by atoms with Crippen LogP contribution in [-0.4, -0.2) is 29.9 Å². The monoisotopic (exact) mass is 232 g/mol. The second-order valence-electron chi connectivity index (χ2n) is 4.98. The maximum Gasteiger partial charge on any atom is 0.227 e. The Morgan fingerprint density at radius 2 is 2.18 bits per heavy atom. The van der Waals surface area contributed by atoms with E-state index in [4.69, 9.17) is 5.73 Å². The zero-order valence-corrected chi connectivity index (χ0v) is 10.6. The van der Waals surface area contributed by atoms with Gasteiger partial charge in [0.15, 0.2) is 0 Å². The van der Waals surface area contributed by atoms with Gasteiger partial charge in [-0.05, 0) is 37.0 Å². The standard InChI is InChI=1S/C14H20N2O/c1-10-3-4-12(7-11(10)2)8-14(17)16-6-5-13(15)9-16/h3-4,7,13H,5-6,8-9,15H2,1-2H3/t13-/m1/s1. The Balaban J connectivity index is 2.00. The Morgan fingerprint density at radius 1 is 1.41 bits per heavy atom. The van der Waals surface area contributed by atoms with Gasteiger partial charge >= 0.3 is 0 Å². The lowest BCUT2D eigenvalue weighted by Gasteiger charge is -2.16. The van der Waals surface area contributed by atoms with Crippen LogP contribution in [0.5, 0.6) is 0 Å². The predicted molar refractivity (Wildman–Crippen MR) is 68.8 cm³/mol. The molecule has 0 bridgehead atoms. The van der Waals surface area contributed by atoms with Crippen molar-refractivity contribution in [3.05, 3.63) is 34.9 Å². The number of hydrogen-bond donors (Lipinski definition) is 1. The second kappa shape index (κ2) is 4.88. The van der Waals surface area contributed by atoms with Gasteiger partial charge in [-0.15, -0.1) is 0 Å². The van der Waals surface area contributed by atoms with E-state index in [9.17, 15) is 4.79 Å². The minimum atomic E-state index is 0.165. The highest BCUT2D eigenvalue weighted by atomic mass is 16.2. The number of rotatable bonds is 2. The highest BCUT2D eigenvalue weighted by Gasteiger charge is 2.23. The van der Waals surface area contributed by atoms with Crippen LogP contribution in [0, 0.1) is 13.8 Å². The zero-order chi connectivity index (χ0) is 12.4. The van der Waals surface area contributed by atoms with Crippen molar-refractivity contribution in [3.8, 4) is 0 Å². The Morgan fingerprint density at radius 3 is 2.76 bits per heavy atom. The van der Waals surface area contributed by atoms with E-state index in [2.05, 4.69) is 26.0 Å². The number of likely N-dealkylation sites (tertiary alicyclic amines) is 1. The quantitative estimate of drug-likeness (QED) is 0.838. The third-order valence-electron chi connectivity index (χ3n) is 3.50. The molecule has 3 heteroatoms. The van der Waals surface area contributed by atoms with Gasteiger partial charge < -0.3 is 10.6 Å². The minimum Gasteiger partial charge on any atom is -0.341 e. The van der Waals surface area contributed by atoms with E-state index in [1.807, 2.05) is 11.0 Å². The van der Waals surface area contributed by atoms with Crippen LogP contribution >= 0.6 is 0 Å².